The number of aromatic nitrogens is 1. The molecule has 5 nitrogen and oxygen atoms in total. The molecule has 5 heteroatoms. The Morgan fingerprint density at radius 2 is 2.43 bits per heavy atom. The third kappa shape index (κ3) is 1.67. The molecule has 1 aliphatic heterocycles. The minimum absolute atomic E-state index is 0.0114. The van der Waals surface area contributed by atoms with Gasteiger partial charge in [0.25, 0.3) is 0 Å². The second-order valence-electron chi connectivity index (χ2n) is 3.06. The summed E-state index contributed by atoms with van der Waals surface area (Å²) in [5.74, 6) is 0.538. The van der Waals surface area contributed by atoms with Crippen LogP contribution in [0.4, 0.5) is 0 Å². The molecule has 2 heterocycles. The number of hydrogen-bond acceptors (Lipinski definition) is 4. The average Bonchev–Trinajstić information content (AvgIpc) is 2.12. The lowest BCUT2D eigenvalue weighted by molar-refractivity contribution is -0.0798. The van der Waals surface area contributed by atoms with Gasteiger partial charge >= 0.3 is 0 Å². The molecule has 0 bridgehead atoms. The van der Waals surface area contributed by atoms with Gasteiger partial charge in [-0.3, -0.25) is 10.4 Å². The molecular weight excluding hydrogens is 182 g/mol. The summed E-state index contributed by atoms with van der Waals surface area (Å²) in [4.78, 5) is 3.92. The molecule has 0 unspecified atom stereocenters. The van der Waals surface area contributed by atoms with Crippen molar-refractivity contribution < 1.29 is 9.47 Å². The molecule has 0 amide bonds. The molecule has 1 fully saturated rings. The maximum atomic E-state index is 7.33. The second kappa shape index (κ2) is 3.63. The number of nitrogens with one attached hydrogen (secondary N) is 1. The molecule has 3 N–H and O–H groups in total. The minimum atomic E-state index is -0.0114. The second-order valence-corrected chi connectivity index (χ2v) is 3.06. The van der Waals surface area contributed by atoms with Crippen molar-refractivity contribution in [3.63, 3.8) is 0 Å². The monoisotopic (exact) mass is 193 g/mol. The van der Waals surface area contributed by atoms with Crippen LogP contribution < -0.4 is 10.5 Å². The topological polar surface area (TPSA) is 81.2 Å². The van der Waals surface area contributed by atoms with Crippen LogP contribution >= 0.6 is 0 Å². The van der Waals surface area contributed by atoms with Crippen LogP contribution in [0, 0.1) is 5.41 Å². The highest BCUT2D eigenvalue weighted by Gasteiger charge is 2.21. The van der Waals surface area contributed by atoms with E-state index in [9.17, 15) is 0 Å². The van der Waals surface area contributed by atoms with E-state index in [1.54, 1.807) is 18.5 Å². The molecule has 0 aliphatic carbocycles. The quantitative estimate of drug-likeness (QED) is 0.528. The maximum absolute atomic E-state index is 7.33. The highest BCUT2D eigenvalue weighted by atomic mass is 16.6. The number of nitrogens with two attached hydrogens (primary N) is 1. The van der Waals surface area contributed by atoms with Crippen LogP contribution in [0.3, 0.4) is 0 Å². The summed E-state index contributed by atoms with van der Waals surface area (Å²) in [6, 6.07) is 1.66. The number of hydrogen-bond donors (Lipinski definition) is 2. The summed E-state index contributed by atoms with van der Waals surface area (Å²) in [5.41, 5.74) is 5.97. The van der Waals surface area contributed by atoms with Crippen molar-refractivity contribution in [1.29, 1.82) is 5.41 Å². The van der Waals surface area contributed by atoms with E-state index in [1.165, 1.54) is 0 Å². The smallest absolute Gasteiger partial charge is 0.149 e. The number of nitrogens with zero attached hydrogens (tertiary/aromatic N) is 1. The summed E-state index contributed by atoms with van der Waals surface area (Å²) in [7, 11) is 0. The van der Waals surface area contributed by atoms with E-state index in [0.717, 1.165) is 0 Å². The molecule has 0 atom stereocenters. The summed E-state index contributed by atoms with van der Waals surface area (Å²) < 4.78 is 10.5. The summed E-state index contributed by atoms with van der Waals surface area (Å²) in [6.07, 6.45) is 3.22. The summed E-state index contributed by atoms with van der Waals surface area (Å²) in [6.45, 7) is 1.18. The van der Waals surface area contributed by atoms with Gasteiger partial charge in [0.2, 0.25) is 0 Å². The van der Waals surface area contributed by atoms with Crippen molar-refractivity contribution >= 4 is 5.84 Å². The van der Waals surface area contributed by atoms with Gasteiger partial charge in [-0.2, -0.15) is 0 Å². The standard InChI is InChI=1S/C9H11N3O2/c10-9(11)7-1-2-12-3-8(7)14-6-4-13-5-6/h1-3,6H,4-5H2,(H3,10,11). The molecule has 2 rings (SSSR count). The summed E-state index contributed by atoms with van der Waals surface area (Å²) in [5, 5.41) is 7.33. The van der Waals surface area contributed by atoms with Gasteiger partial charge in [-0.05, 0) is 6.07 Å². The Balaban J connectivity index is 2.17. The van der Waals surface area contributed by atoms with Crippen molar-refractivity contribution in [3.05, 3.63) is 24.0 Å². The van der Waals surface area contributed by atoms with Crippen LogP contribution in [0.5, 0.6) is 5.75 Å². The number of rotatable bonds is 3. The van der Waals surface area contributed by atoms with Gasteiger partial charge in [0.05, 0.1) is 25.0 Å². The SMILES string of the molecule is N=C(N)c1ccncc1OC1COC1. The highest BCUT2D eigenvalue weighted by Crippen LogP contribution is 2.19. The predicted octanol–water partition coefficient (Wildman–Crippen LogP) is 0.143. The molecule has 74 valence electrons. The molecule has 0 saturated carbocycles. The zero-order chi connectivity index (χ0) is 9.97. The van der Waals surface area contributed by atoms with E-state index >= 15 is 0 Å². The van der Waals surface area contributed by atoms with Crippen molar-refractivity contribution in [2.45, 2.75) is 6.10 Å². The average molecular weight is 193 g/mol. The van der Waals surface area contributed by atoms with Crippen LogP contribution in [0.25, 0.3) is 0 Å². The fourth-order valence-corrected chi connectivity index (χ4v) is 1.16. The van der Waals surface area contributed by atoms with E-state index in [1.807, 2.05) is 0 Å². The first kappa shape index (κ1) is 8.96. The molecule has 14 heavy (non-hydrogen) atoms. The van der Waals surface area contributed by atoms with Crippen LogP contribution in [-0.4, -0.2) is 30.1 Å². The molecular formula is C9H11N3O2. The maximum Gasteiger partial charge on any atom is 0.149 e. The lowest BCUT2D eigenvalue weighted by Gasteiger charge is -2.27. The fraction of sp³-hybridized carbons (Fsp3) is 0.333. The molecule has 0 spiro atoms. The van der Waals surface area contributed by atoms with Crippen molar-refractivity contribution in [2.24, 2.45) is 5.73 Å². The van der Waals surface area contributed by atoms with Crippen LogP contribution in [0.15, 0.2) is 18.5 Å². The van der Waals surface area contributed by atoms with Gasteiger partial charge in [0.15, 0.2) is 0 Å². The number of amidine groups is 1. The Kier molecular flexibility index (Phi) is 2.32. The van der Waals surface area contributed by atoms with Crippen molar-refractivity contribution in [1.82, 2.24) is 4.98 Å². The Morgan fingerprint density at radius 3 is 3.00 bits per heavy atom. The van der Waals surface area contributed by atoms with Crippen LogP contribution in [0.1, 0.15) is 5.56 Å². The fourth-order valence-electron chi connectivity index (χ4n) is 1.16. The van der Waals surface area contributed by atoms with Gasteiger partial charge in [0, 0.05) is 6.20 Å². The number of pyridine rings is 1. The van der Waals surface area contributed by atoms with Crippen LogP contribution in [-0.2, 0) is 4.74 Å². The predicted molar refractivity (Wildman–Crippen MR) is 50.5 cm³/mol. The van der Waals surface area contributed by atoms with Gasteiger partial charge in [-0.1, -0.05) is 0 Å². The van der Waals surface area contributed by atoms with E-state index in [4.69, 9.17) is 20.6 Å². The lowest BCUT2D eigenvalue weighted by atomic mass is 10.2. The Bertz CT molecular complexity index is 350. The minimum Gasteiger partial charge on any atom is -0.483 e. The third-order valence-corrected chi connectivity index (χ3v) is 1.98. The molecule has 0 aromatic carbocycles. The van der Waals surface area contributed by atoms with E-state index in [2.05, 4.69) is 4.98 Å². The number of ether oxygens (including phenoxy) is 2. The first-order valence-electron chi connectivity index (χ1n) is 4.30. The van der Waals surface area contributed by atoms with E-state index < -0.39 is 0 Å². The lowest BCUT2D eigenvalue weighted by Crippen LogP contribution is -2.39. The van der Waals surface area contributed by atoms with Crippen molar-refractivity contribution in [3.8, 4) is 5.75 Å². The van der Waals surface area contributed by atoms with E-state index in [-0.39, 0.29) is 11.9 Å². The molecule has 1 aromatic rings. The van der Waals surface area contributed by atoms with E-state index in [0.29, 0.717) is 24.5 Å². The van der Waals surface area contributed by atoms with Gasteiger partial charge < -0.3 is 15.2 Å². The summed E-state index contributed by atoms with van der Waals surface area (Å²) >= 11 is 0. The zero-order valence-electron chi connectivity index (χ0n) is 7.56. The molecule has 1 aliphatic rings. The highest BCUT2D eigenvalue weighted by molar-refractivity contribution is 5.97. The molecule has 1 aromatic heterocycles. The third-order valence-electron chi connectivity index (χ3n) is 1.98. The van der Waals surface area contributed by atoms with Gasteiger partial charge in [-0.15, -0.1) is 0 Å². The van der Waals surface area contributed by atoms with Gasteiger partial charge in [0.1, 0.15) is 17.7 Å². The molecule has 0 radical (unpaired) electrons. The molecule has 1 saturated heterocycles. The van der Waals surface area contributed by atoms with Gasteiger partial charge in [-0.25, -0.2) is 0 Å². The zero-order valence-corrected chi connectivity index (χ0v) is 7.56. The Morgan fingerprint density at radius 1 is 1.64 bits per heavy atom. The van der Waals surface area contributed by atoms with Crippen LogP contribution in [0.2, 0.25) is 0 Å². The first-order valence-corrected chi connectivity index (χ1v) is 4.30. The Labute approximate surface area is 81.4 Å². The number of nitrogen functional groups attached to an aromatic ring is 1. The van der Waals surface area contributed by atoms with Crippen molar-refractivity contribution in [2.75, 3.05) is 13.2 Å². The largest absolute Gasteiger partial charge is 0.483 e. The normalized spacial score (nSPS) is 16.0. The Hall–Kier alpha value is -1.62. The first-order chi connectivity index (χ1) is 6.77.